The van der Waals surface area contributed by atoms with Gasteiger partial charge in [0.25, 0.3) is 0 Å². The van der Waals surface area contributed by atoms with Crippen molar-refractivity contribution in [2.75, 3.05) is 0 Å². The minimum absolute atomic E-state index is 0. The molecule has 0 spiro atoms. The second-order valence-corrected chi connectivity index (χ2v) is 1.37. The fourth-order valence-electron chi connectivity index (χ4n) is 0. The Labute approximate surface area is 56.4 Å². The topological polar surface area (TPSA) is 9.23 Å². The molecule has 0 aliphatic rings. The molecular formula is AlClOZr. The molecule has 0 unspecified atom stereocenters. The van der Waals surface area contributed by atoms with Gasteiger partial charge in [0.05, 0.1) is 0 Å². The van der Waals surface area contributed by atoms with Gasteiger partial charge < -0.3 is 0 Å². The Bertz CT molecular complexity index is 8.00. The van der Waals surface area contributed by atoms with Gasteiger partial charge in [0.15, 0.2) is 0 Å². The van der Waals surface area contributed by atoms with E-state index < -0.39 is 0 Å². The summed E-state index contributed by atoms with van der Waals surface area (Å²) in [6.45, 7) is 0. The zero-order chi connectivity index (χ0) is 2.71. The monoisotopic (exact) mass is 168 g/mol. The van der Waals surface area contributed by atoms with Crippen LogP contribution in [0.4, 0.5) is 0 Å². The summed E-state index contributed by atoms with van der Waals surface area (Å²) in [5.41, 5.74) is 0. The first-order chi connectivity index (χ1) is 1.41. The molecule has 0 N–H and O–H groups in total. The van der Waals surface area contributed by atoms with Gasteiger partial charge in [0.2, 0.25) is 0 Å². The molecule has 0 aromatic heterocycles. The third-order valence-corrected chi connectivity index (χ3v) is 0. The van der Waals surface area contributed by atoms with Crippen LogP contribution < -0.4 is 0 Å². The van der Waals surface area contributed by atoms with Crippen molar-refractivity contribution in [3.63, 3.8) is 0 Å². The van der Waals surface area contributed by atoms with Crippen LogP contribution in [0.15, 0.2) is 0 Å². The molecule has 0 aliphatic carbocycles. The van der Waals surface area contributed by atoms with Gasteiger partial charge in [0, 0.05) is 17.4 Å². The molecule has 3 radical (unpaired) electrons. The maximum Gasteiger partial charge on any atom is 0 e. The van der Waals surface area contributed by atoms with E-state index in [1.807, 2.05) is 0 Å². The van der Waals surface area contributed by atoms with Crippen LogP contribution in [0, 0.1) is 0 Å². The minimum atomic E-state index is 0. The van der Waals surface area contributed by atoms with Gasteiger partial charge in [-0.1, -0.05) is 0 Å². The van der Waals surface area contributed by atoms with E-state index in [2.05, 4.69) is 14.2 Å². The molecule has 0 aromatic carbocycles. The van der Waals surface area contributed by atoms with Crippen molar-refractivity contribution in [2.24, 2.45) is 0 Å². The van der Waals surface area contributed by atoms with E-state index in [9.17, 15) is 0 Å². The first-order valence-electron chi connectivity index (χ1n) is 0.358. The molecule has 20 valence electrons. The van der Waals surface area contributed by atoms with Gasteiger partial charge in [-0.3, -0.25) is 0 Å². The summed E-state index contributed by atoms with van der Waals surface area (Å²) >= 11 is 5.44. The van der Waals surface area contributed by atoms with Crippen LogP contribution in [-0.2, 0) is 27.5 Å². The molecular weight excluding hydrogens is 170 g/mol. The van der Waals surface area contributed by atoms with Gasteiger partial charge >= 0.3 is 39.4 Å². The quantitative estimate of drug-likeness (QED) is 0.472. The van der Waals surface area contributed by atoms with Crippen LogP contribution in [0.25, 0.3) is 0 Å². The van der Waals surface area contributed by atoms with Crippen molar-refractivity contribution in [3.8, 4) is 0 Å². The third-order valence-electron chi connectivity index (χ3n) is 0. The Morgan fingerprint density at radius 1 is 1.75 bits per heavy atom. The third kappa shape index (κ3) is 9.39. The van der Waals surface area contributed by atoms with Crippen molar-refractivity contribution in [1.82, 2.24) is 0 Å². The number of halogens is 1. The molecule has 0 atom stereocenters. The minimum Gasteiger partial charge on any atom is 0 e. The summed E-state index contributed by atoms with van der Waals surface area (Å²) < 4.78 is 3.81. The van der Waals surface area contributed by atoms with Crippen LogP contribution in [0.3, 0.4) is 0 Å². The van der Waals surface area contributed by atoms with E-state index in [0.717, 1.165) is 25.2 Å². The Kier molecular flexibility index (Phi) is 20.2. The number of rotatable bonds is 0. The summed E-state index contributed by atoms with van der Waals surface area (Å²) in [5.74, 6) is 0. The zero-order valence-electron chi connectivity index (χ0n) is 1.86. The Hall–Kier alpha value is 1.67. The van der Waals surface area contributed by atoms with E-state index in [4.69, 9.17) is 0 Å². The standard InChI is InChI=1S/Al.ClO.Zr/c;1-2;/q;-1;+1. The van der Waals surface area contributed by atoms with Gasteiger partial charge in [-0.05, 0) is 0 Å². The molecule has 0 saturated carbocycles. The SMILES string of the molecule is Cl[O][Zr].[Al]. The predicted octanol–water partition coefficient (Wildman–Crippen LogP) is 0.238. The average Bonchev–Trinajstić information content (AvgIpc) is 0.918. The van der Waals surface area contributed by atoms with Crippen molar-refractivity contribution < 1.29 is 27.5 Å². The van der Waals surface area contributed by atoms with E-state index in [-0.39, 0.29) is 17.4 Å². The van der Waals surface area contributed by atoms with Crippen molar-refractivity contribution in [3.05, 3.63) is 0 Å². The molecule has 0 saturated heterocycles. The maximum absolute atomic E-state index is 4.54. The summed E-state index contributed by atoms with van der Waals surface area (Å²) in [7, 11) is 0. The molecule has 0 bridgehead atoms. The van der Waals surface area contributed by atoms with Crippen molar-refractivity contribution in [2.45, 2.75) is 0 Å². The summed E-state index contributed by atoms with van der Waals surface area (Å²) in [5, 5.41) is 0. The maximum atomic E-state index is 4.54. The van der Waals surface area contributed by atoms with Gasteiger partial charge in [-0.2, -0.15) is 0 Å². The van der Waals surface area contributed by atoms with Crippen molar-refractivity contribution in [1.29, 1.82) is 0 Å². The second kappa shape index (κ2) is 8.82. The molecule has 0 amide bonds. The number of hydrogen-bond donors (Lipinski definition) is 0. The first kappa shape index (κ1) is 9.18. The fraction of sp³-hybridized carbons (Fsp3) is 0. The van der Waals surface area contributed by atoms with E-state index in [0.29, 0.717) is 0 Å². The molecule has 0 fully saturated rings. The largest absolute Gasteiger partial charge is 0 e. The Morgan fingerprint density at radius 3 is 1.75 bits per heavy atom. The molecule has 0 heterocycles. The second-order valence-electron chi connectivity index (χ2n) is 0.0772. The normalized spacial score (nSPS) is 4.00. The summed E-state index contributed by atoms with van der Waals surface area (Å²) in [6, 6.07) is 0. The Balaban J connectivity index is 0. The van der Waals surface area contributed by atoms with E-state index in [1.165, 1.54) is 0 Å². The zero-order valence-corrected chi connectivity index (χ0v) is 6.23. The molecule has 0 rings (SSSR count). The predicted molar refractivity (Wildman–Crippen MR) is 12.7 cm³/mol. The van der Waals surface area contributed by atoms with Gasteiger partial charge in [-0.25, -0.2) is 0 Å². The van der Waals surface area contributed by atoms with Crippen LogP contribution in [0.2, 0.25) is 0 Å². The van der Waals surface area contributed by atoms with E-state index in [1.54, 1.807) is 0 Å². The molecule has 4 heavy (non-hydrogen) atoms. The van der Waals surface area contributed by atoms with Gasteiger partial charge in [-0.15, -0.1) is 0 Å². The molecule has 4 heteroatoms. The van der Waals surface area contributed by atoms with Crippen LogP contribution in [-0.4, -0.2) is 17.4 Å². The molecule has 0 aliphatic heterocycles. The first-order valence-corrected chi connectivity index (χ1v) is 1.67. The van der Waals surface area contributed by atoms with Crippen LogP contribution in [0.1, 0.15) is 0 Å². The molecule has 0 aromatic rings. The Morgan fingerprint density at radius 2 is 1.75 bits per heavy atom. The molecule has 1 nitrogen and oxygen atoms in total. The summed E-state index contributed by atoms with van der Waals surface area (Å²) in [4.78, 5) is 0. The number of hydrogen-bond acceptors (Lipinski definition) is 1. The van der Waals surface area contributed by atoms with E-state index >= 15 is 0 Å². The van der Waals surface area contributed by atoms with Gasteiger partial charge in [0.1, 0.15) is 0 Å². The summed E-state index contributed by atoms with van der Waals surface area (Å²) in [6.07, 6.45) is 0. The smallest absolute Gasteiger partial charge is 0 e. The average molecular weight is 170 g/mol. The van der Waals surface area contributed by atoms with Crippen LogP contribution in [0.5, 0.6) is 0 Å². The van der Waals surface area contributed by atoms with Crippen molar-refractivity contribution >= 4 is 29.2 Å². The van der Waals surface area contributed by atoms with Crippen LogP contribution >= 0.6 is 11.9 Å². The fourth-order valence-corrected chi connectivity index (χ4v) is 0.